The standard InChI is InChI=1S/C15H12N4O3/c20-13(10-5-2-1-3-6-10)17-9-12-18-15(22-19-12)11-7-4-8-16-14(11)21/h1-8H,9H2,(H,16,21)(H,17,20). The molecule has 7 heteroatoms. The Bertz CT molecular complexity index is 839. The van der Waals surface area contributed by atoms with Crippen LogP contribution in [0.5, 0.6) is 0 Å². The number of carbonyl (C=O) groups excluding carboxylic acids is 1. The second-order valence-electron chi connectivity index (χ2n) is 4.48. The van der Waals surface area contributed by atoms with E-state index in [0.29, 0.717) is 11.4 Å². The molecule has 110 valence electrons. The third-order valence-corrected chi connectivity index (χ3v) is 2.96. The number of aromatic amines is 1. The van der Waals surface area contributed by atoms with E-state index >= 15 is 0 Å². The van der Waals surface area contributed by atoms with Crippen molar-refractivity contribution in [1.82, 2.24) is 20.4 Å². The molecule has 22 heavy (non-hydrogen) atoms. The predicted octanol–water partition coefficient (Wildman–Crippen LogP) is 1.35. The number of nitrogens with zero attached hydrogens (tertiary/aromatic N) is 2. The molecule has 0 bridgehead atoms. The van der Waals surface area contributed by atoms with Gasteiger partial charge >= 0.3 is 0 Å². The maximum absolute atomic E-state index is 11.9. The Morgan fingerprint density at radius 1 is 1.18 bits per heavy atom. The highest BCUT2D eigenvalue weighted by atomic mass is 16.5. The molecular formula is C15H12N4O3. The third kappa shape index (κ3) is 2.93. The summed E-state index contributed by atoms with van der Waals surface area (Å²) in [5.74, 6) is 0.179. The number of carbonyl (C=O) groups is 1. The zero-order chi connectivity index (χ0) is 15.4. The Morgan fingerprint density at radius 2 is 2.00 bits per heavy atom. The lowest BCUT2D eigenvalue weighted by Crippen LogP contribution is -2.23. The molecule has 0 saturated carbocycles. The number of hydrogen-bond acceptors (Lipinski definition) is 5. The lowest BCUT2D eigenvalue weighted by Gasteiger charge is -2.01. The van der Waals surface area contributed by atoms with Crippen LogP contribution in [-0.4, -0.2) is 21.0 Å². The number of benzene rings is 1. The molecule has 0 aliphatic rings. The minimum Gasteiger partial charge on any atom is -0.345 e. The van der Waals surface area contributed by atoms with Crippen LogP contribution in [0, 0.1) is 0 Å². The van der Waals surface area contributed by atoms with Crippen molar-refractivity contribution in [2.45, 2.75) is 6.54 Å². The lowest BCUT2D eigenvalue weighted by atomic mass is 10.2. The van der Waals surface area contributed by atoms with Gasteiger partial charge in [-0.3, -0.25) is 9.59 Å². The smallest absolute Gasteiger partial charge is 0.263 e. The fourth-order valence-electron chi connectivity index (χ4n) is 1.88. The first-order chi connectivity index (χ1) is 10.7. The van der Waals surface area contributed by atoms with Crippen LogP contribution in [-0.2, 0) is 6.54 Å². The van der Waals surface area contributed by atoms with Crippen LogP contribution < -0.4 is 10.9 Å². The molecule has 2 N–H and O–H groups in total. The van der Waals surface area contributed by atoms with E-state index in [2.05, 4.69) is 20.4 Å². The summed E-state index contributed by atoms with van der Waals surface area (Å²) in [7, 11) is 0. The van der Waals surface area contributed by atoms with E-state index in [0.717, 1.165) is 0 Å². The van der Waals surface area contributed by atoms with Gasteiger partial charge in [0.1, 0.15) is 5.56 Å². The summed E-state index contributed by atoms with van der Waals surface area (Å²) in [5, 5.41) is 6.43. The molecule has 1 aromatic carbocycles. The van der Waals surface area contributed by atoms with E-state index in [4.69, 9.17) is 4.52 Å². The normalized spacial score (nSPS) is 10.4. The minimum absolute atomic E-state index is 0.113. The van der Waals surface area contributed by atoms with Gasteiger partial charge in [0.25, 0.3) is 17.4 Å². The number of pyridine rings is 1. The summed E-state index contributed by atoms with van der Waals surface area (Å²) < 4.78 is 5.04. The third-order valence-electron chi connectivity index (χ3n) is 2.96. The van der Waals surface area contributed by atoms with Crippen LogP contribution in [0.1, 0.15) is 16.2 Å². The molecule has 3 rings (SSSR count). The Morgan fingerprint density at radius 3 is 2.77 bits per heavy atom. The Labute approximate surface area is 125 Å². The number of hydrogen-bond donors (Lipinski definition) is 2. The maximum Gasteiger partial charge on any atom is 0.263 e. The molecule has 1 amide bonds. The van der Waals surface area contributed by atoms with Crippen LogP contribution in [0.15, 0.2) is 58.0 Å². The van der Waals surface area contributed by atoms with Gasteiger partial charge in [-0.1, -0.05) is 23.4 Å². The van der Waals surface area contributed by atoms with Crippen molar-refractivity contribution in [3.8, 4) is 11.5 Å². The quantitative estimate of drug-likeness (QED) is 0.757. The highest BCUT2D eigenvalue weighted by Gasteiger charge is 2.12. The van der Waals surface area contributed by atoms with Crippen molar-refractivity contribution in [3.05, 3.63) is 70.4 Å². The number of H-pyrrole nitrogens is 1. The van der Waals surface area contributed by atoms with E-state index in [1.165, 1.54) is 6.20 Å². The van der Waals surface area contributed by atoms with Crippen LogP contribution in [0.3, 0.4) is 0 Å². The van der Waals surface area contributed by atoms with Crippen molar-refractivity contribution >= 4 is 5.91 Å². The van der Waals surface area contributed by atoms with Crippen LogP contribution in [0.25, 0.3) is 11.5 Å². The van der Waals surface area contributed by atoms with E-state index in [1.54, 1.807) is 36.4 Å². The van der Waals surface area contributed by atoms with Gasteiger partial charge in [-0.2, -0.15) is 4.98 Å². The zero-order valence-corrected chi connectivity index (χ0v) is 11.4. The summed E-state index contributed by atoms with van der Waals surface area (Å²) in [6.45, 7) is 0.113. The summed E-state index contributed by atoms with van der Waals surface area (Å²) in [5.41, 5.74) is 0.521. The SMILES string of the molecule is O=C(NCc1noc(-c2ccc[nH]c2=O)n1)c1ccccc1. The Balaban J connectivity index is 1.69. The molecule has 0 unspecified atom stereocenters. The molecule has 0 atom stereocenters. The molecule has 0 radical (unpaired) electrons. The second kappa shape index (κ2) is 6.04. The number of rotatable bonds is 4. The van der Waals surface area contributed by atoms with Crippen LogP contribution in [0.2, 0.25) is 0 Å². The number of aromatic nitrogens is 3. The van der Waals surface area contributed by atoms with Gasteiger partial charge in [0, 0.05) is 11.8 Å². The van der Waals surface area contributed by atoms with Crippen molar-refractivity contribution in [2.75, 3.05) is 0 Å². The molecule has 0 fully saturated rings. The molecular weight excluding hydrogens is 284 g/mol. The molecule has 3 aromatic rings. The monoisotopic (exact) mass is 296 g/mol. The van der Waals surface area contributed by atoms with Gasteiger partial charge in [0.2, 0.25) is 0 Å². The van der Waals surface area contributed by atoms with Crippen molar-refractivity contribution in [2.24, 2.45) is 0 Å². The summed E-state index contributed by atoms with van der Waals surface area (Å²) in [6.07, 6.45) is 1.52. The van der Waals surface area contributed by atoms with Crippen molar-refractivity contribution < 1.29 is 9.32 Å². The molecule has 2 heterocycles. The fourth-order valence-corrected chi connectivity index (χ4v) is 1.88. The molecule has 7 nitrogen and oxygen atoms in total. The molecule has 0 aliphatic heterocycles. The average molecular weight is 296 g/mol. The molecule has 0 saturated heterocycles. The van der Waals surface area contributed by atoms with Crippen molar-refractivity contribution in [3.63, 3.8) is 0 Å². The molecule has 2 aromatic heterocycles. The summed E-state index contributed by atoms with van der Waals surface area (Å²) >= 11 is 0. The van der Waals surface area contributed by atoms with Gasteiger partial charge in [0.05, 0.1) is 6.54 Å². The van der Waals surface area contributed by atoms with E-state index < -0.39 is 0 Å². The summed E-state index contributed by atoms with van der Waals surface area (Å²) in [6, 6.07) is 12.1. The molecule has 0 spiro atoms. The van der Waals surface area contributed by atoms with Crippen LogP contribution >= 0.6 is 0 Å². The van der Waals surface area contributed by atoms with Crippen molar-refractivity contribution in [1.29, 1.82) is 0 Å². The lowest BCUT2D eigenvalue weighted by molar-refractivity contribution is 0.0949. The first-order valence-corrected chi connectivity index (χ1v) is 6.58. The number of amides is 1. The van der Waals surface area contributed by atoms with Gasteiger partial charge in [-0.05, 0) is 24.3 Å². The highest BCUT2D eigenvalue weighted by molar-refractivity contribution is 5.93. The first kappa shape index (κ1) is 13.7. The minimum atomic E-state index is -0.314. The van der Waals surface area contributed by atoms with Gasteiger partial charge < -0.3 is 14.8 Å². The van der Waals surface area contributed by atoms with Gasteiger partial charge in [0.15, 0.2) is 5.82 Å². The largest absolute Gasteiger partial charge is 0.345 e. The zero-order valence-electron chi connectivity index (χ0n) is 11.4. The summed E-state index contributed by atoms with van der Waals surface area (Å²) in [4.78, 5) is 30.1. The van der Waals surface area contributed by atoms with E-state index in [-0.39, 0.29) is 29.5 Å². The Hall–Kier alpha value is -3.22. The predicted molar refractivity (Wildman–Crippen MR) is 78.0 cm³/mol. The van der Waals surface area contributed by atoms with E-state index in [1.807, 2.05) is 6.07 Å². The van der Waals surface area contributed by atoms with E-state index in [9.17, 15) is 9.59 Å². The maximum atomic E-state index is 11.9. The fraction of sp³-hybridized carbons (Fsp3) is 0.0667. The second-order valence-corrected chi connectivity index (χ2v) is 4.48. The average Bonchev–Trinajstić information content (AvgIpc) is 3.02. The van der Waals surface area contributed by atoms with Gasteiger partial charge in [-0.15, -0.1) is 0 Å². The topological polar surface area (TPSA) is 101 Å². The molecule has 0 aliphatic carbocycles. The first-order valence-electron chi connectivity index (χ1n) is 6.58. The van der Waals surface area contributed by atoms with Crippen LogP contribution in [0.4, 0.5) is 0 Å². The number of nitrogens with one attached hydrogen (secondary N) is 2. The Kier molecular flexibility index (Phi) is 3.78. The highest BCUT2D eigenvalue weighted by Crippen LogP contribution is 2.11. The van der Waals surface area contributed by atoms with Gasteiger partial charge in [-0.25, -0.2) is 0 Å².